The third-order valence-electron chi connectivity index (χ3n) is 3.11. The van der Waals surface area contributed by atoms with Gasteiger partial charge in [0.25, 0.3) is 0 Å². The van der Waals surface area contributed by atoms with Crippen LogP contribution in [-0.2, 0) is 13.0 Å². The van der Waals surface area contributed by atoms with Gasteiger partial charge in [-0.2, -0.15) is 0 Å². The van der Waals surface area contributed by atoms with Crippen LogP contribution in [0.5, 0.6) is 0 Å². The number of hydrogen-bond acceptors (Lipinski definition) is 3. The number of hydrogen-bond donors (Lipinski definition) is 1. The number of nitrogens with zero attached hydrogens (tertiary/aromatic N) is 1. The molecule has 2 heterocycles. The zero-order valence-corrected chi connectivity index (χ0v) is 9.29. The highest BCUT2D eigenvalue weighted by Gasteiger charge is 2.20. The maximum absolute atomic E-state index is 5.38. The molecule has 16 heavy (non-hydrogen) atoms. The van der Waals surface area contributed by atoms with Crippen LogP contribution in [0.1, 0.15) is 16.9 Å². The average Bonchev–Trinajstić information content (AvgIpc) is 2.74. The molecule has 1 aliphatic rings. The Morgan fingerprint density at radius 3 is 3.06 bits per heavy atom. The molecule has 3 nitrogen and oxygen atoms in total. The molecule has 1 aromatic heterocycles. The SMILES string of the molecule is Cc1ccccc1-c1noc2c1CCNC2. The minimum absolute atomic E-state index is 0.800. The number of nitrogens with one attached hydrogen (secondary N) is 1. The lowest BCUT2D eigenvalue weighted by atomic mass is 9.98. The molecule has 0 bridgehead atoms. The van der Waals surface area contributed by atoms with Crippen molar-refractivity contribution in [1.82, 2.24) is 10.5 Å². The van der Waals surface area contributed by atoms with Gasteiger partial charge in [-0.05, 0) is 25.5 Å². The summed E-state index contributed by atoms with van der Waals surface area (Å²) < 4.78 is 5.38. The number of aromatic nitrogens is 1. The Kier molecular flexibility index (Phi) is 2.26. The predicted octanol–water partition coefficient (Wildman–Crippen LogP) is 2.30. The molecule has 0 saturated heterocycles. The fourth-order valence-electron chi connectivity index (χ4n) is 2.21. The molecule has 0 atom stereocenters. The second-order valence-corrected chi connectivity index (χ2v) is 4.17. The molecular formula is C13H14N2O. The van der Waals surface area contributed by atoms with Crippen LogP contribution in [0.25, 0.3) is 11.3 Å². The van der Waals surface area contributed by atoms with Gasteiger partial charge in [-0.25, -0.2) is 0 Å². The van der Waals surface area contributed by atoms with Crippen molar-refractivity contribution in [1.29, 1.82) is 0 Å². The molecule has 1 N–H and O–H groups in total. The Labute approximate surface area is 94.5 Å². The molecular weight excluding hydrogens is 200 g/mol. The number of benzene rings is 1. The Morgan fingerprint density at radius 2 is 2.19 bits per heavy atom. The lowest BCUT2D eigenvalue weighted by molar-refractivity contribution is 0.367. The summed E-state index contributed by atoms with van der Waals surface area (Å²) in [6.07, 6.45) is 1.00. The lowest BCUT2D eigenvalue weighted by Gasteiger charge is -2.11. The Hall–Kier alpha value is -1.61. The van der Waals surface area contributed by atoms with Gasteiger partial charge < -0.3 is 9.84 Å². The maximum Gasteiger partial charge on any atom is 0.154 e. The van der Waals surface area contributed by atoms with Gasteiger partial charge in [-0.1, -0.05) is 29.4 Å². The minimum atomic E-state index is 0.800. The zero-order chi connectivity index (χ0) is 11.0. The molecule has 0 saturated carbocycles. The van der Waals surface area contributed by atoms with Gasteiger partial charge >= 0.3 is 0 Å². The summed E-state index contributed by atoms with van der Waals surface area (Å²) in [7, 11) is 0. The highest BCUT2D eigenvalue weighted by Crippen LogP contribution is 2.29. The number of aryl methyl sites for hydroxylation is 1. The molecule has 3 rings (SSSR count). The van der Waals surface area contributed by atoms with E-state index in [0.29, 0.717) is 0 Å². The summed E-state index contributed by atoms with van der Waals surface area (Å²) in [5.41, 5.74) is 4.73. The van der Waals surface area contributed by atoms with Crippen molar-refractivity contribution in [2.75, 3.05) is 6.54 Å². The van der Waals surface area contributed by atoms with Crippen molar-refractivity contribution >= 4 is 0 Å². The van der Waals surface area contributed by atoms with E-state index in [0.717, 1.165) is 31.0 Å². The molecule has 0 unspecified atom stereocenters. The van der Waals surface area contributed by atoms with Gasteiger partial charge in [0.15, 0.2) is 5.76 Å². The van der Waals surface area contributed by atoms with Crippen LogP contribution in [0.3, 0.4) is 0 Å². The van der Waals surface area contributed by atoms with Crippen molar-refractivity contribution in [3.63, 3.8) is 0 Å². The van der Waals surface area contributed by atoms with E-state index in [-0.39, 0.29) is 0 Å². The van der Waals surface area contributed by atoms with Gasteiger partial charge in [0.1, 0.15) is 5.69 Å². The van der Waals surface area contributed by atoms with Crippen molar-refractivity contribution in [2.24, 2.45) is 0 Å². The van der Waals surface area contributed by atoms with Gasteiger partial charge in [0.05, 0.1) is 6.54 Å². The smallest absolute Gasteiger partial charge is 0.154 e. The molecule has 2 aromatic rings. The van der Waals surface area contributed by atoms with Crippen LogP contribution in [0.2, 0.25) is 0 Å². The normalized spacial score (nSPS) is 14.8. The molecule has 0 spiro atoms. The first-order valence-corrected chi connectivity index (χ1v) is 5.60. The van der Waals surface area contributed by atoms with Crippen LogP contribution >= 0.6 is 0 Å². The van der Waals surface area contributed by atoms with Crippen LogP contribution in [0.4, 0.5) is 0 Å². The van der Waals surface area contributed by atoms with E-state index in [1.165, 1.54) is 16.7 Å². The summed E-state index contributed by atoms with van der Waals surface area (Å²) in [5.74, 6) is 0.990. The molecule has 3 heteroatoms. The van der Waals surface area contributed by atoms with E-state index in [1.54, 1.807) is 0 Å². The van der Waals surface area contributed by atoms with Crippen molar-refractivity contribution in [3.05, 3.63) is 41.2 Å². The molecule has 0 fully saturated rings. The van der Waals surface area contributed by atoms with E-state index in [2.05, 4.69) is 29.5 Å². The third-order valence-corrected chi connectivity index (χ3v) is 3.11. The maximum atomic E-state index is 5.38. The fraction of sp³-hybridized carbons (Fsp3) is 0.308. The second-order valence-electron chi connectivity index (χ2n) is 4.17. The van der Waals surface area contributed by atoms with Gasteiger partial charge in [-0.15, -0.1) is 0 Å². The summed E-state index contributed by atoms with van der Waals surface area (Å²) in [4.78, 5) is 0. The van der Waals surface area contributed by atoms with E-state index >= 15 is 0 Å². The summed E-state index contributed by atoms with van der Waals surface area (Å²) >= 11 is 0. The molecule has 0 amide bonds. The minimum Gasteiger partial charge on any atom is -0.359 e. The summed E-state index contributed by atoms with van der Waals surface area (Å²) in [6.45, 7) is 3.92. The molecule has 0 radical (unpaired) electrons. The largest absolute Gasteiger partial charge is 0.359 e. The predicted molar refractivity (Wildman–Crippen MR) is 62.1 cm³/mol. The first-order valence-electron chi connectivity index (χ1n) is 5.60. The lowest BCUT2D eigenvalue weighted by Crippen LogP contribution is -2.22. The Bertz CT molecular complexity index is 516. The van der Waals surface area contributed by atoms with Gasteiger partial charge in [0, 0.05) is 11.1 Å². The fourth-order valence-corrected chi connectivity index (χ4v) is 2.21. The second kappa shape index (κ2) is 3.76. The quantitative estimate of drug-likeness (QED) is 0.791. The van der Waals surface area contributed by atoms with E-state index < -0.39 is 0 Å². The van der Waals surface area contributed by atoms with Crippen molar-refractivity contribution in [3.8, 4) is 11.3 Å². The Morgan fingerprint density at radius 1 is 1.31 bits per heavy atom. The van der Waals surface area contributed by atoms with Gasteiger partial charge in [-0.3, -0.25) is 0 Å². The average molecular weight is 214 g/mol. The van der Waals surface area contributed by atoms with E-state index in [1.807, 2.05) is 12.1 Å². The Balaban J connectivity index is 2.13. The zero-order valence-electron chi connectivity index (χ0n) is 9.29. The van der Waals surface area contributed by atoms with E-state index in [4.69, 9.17) is 4.52 Å². The van der Waals surface area contributed by atoms with Crippen molar-refractivity contribution in [2.45, 2.75) is 19.9 Å². The summed E-state index contributed by atoms with van der Waals surface area (Å²) in [6, 6.07) is 8.31. The molecule has 82 valence electrons. The highest BCUT2D eigenvalue weighted by atomic mass is 16.5. The van der Waals surface area contributed by atoms with Gasteiger partial charge in [0.2, 0.25) is 0 Å². The topological polar surface area (TPSA) is 38.1 Å². The van der Waals surface area contributed by atoms with Crippen LogP contribution in [-0.4, -0.2) is 11.7 Å². The number of fused-ring (bicyclic) bond motifs is 1. The monoisotopic (exact) mass is 214 g/mol. The third kappa shape index (κ3) is 1.44. The number of rotatable bonds is 1. The molecule has 1 aromatic carbocycles. The molecule has 1 aliphatic heterocycles. The van der Waals surface area contributed by atoms with Crippen molar-refractivity contribution < 1.29 is 4.52 Å². The van der Waals surface area contributed by atoms with Crippen LogP contribution in [0.15, 0.2) is 28.8 Å². The standard InChI is InChI=1S/C13H14N2O/c1-9-4-2-3-5-10(9)13-11-6-7-14-8-12(11)16-15-13/h2-5,14H,6-8H2,1H3. The first-order chi connectivity index (χ1) is 7.86. The first kappa shape index (κ1) is 9.60. The molecule has 0 aliphatic carbocycles. The van der Waals surface area contributed by atoms with Crippen LogP contribution in [0, 0.1) is 6.92 Å². The highest BCUT2D eigenvalue weighted by molar-refractivity contribution is 5.67. The van der Waals surface area contributed by atoms with Crippen LogP contribution < -0.4 is 5.32 Å². The van der Waals surface area contributed by atoms with E-state index in [9.17, 15) is 0 Å². The summed E-state index contributed by atoms with van der Waals surface area (Å²) in [5, 5.41) is 7.50.